The number of carbonyl (C=O) groups excluding carboxylic acids is 3. The van der Waals surface area contributed by atoms with Gasteiger partial charge in [0.2, 0.25) is 5.78 Å². The molecule has 2 aromatic rings. The van der Waals surface area contributed by atoms with Crippen LogP contribution in [0, 0.1) is 5.92 Å². The van der Waals surface area contributed by atoms with Gasteiger partial charge in [0.15, 0.2) is 5.76 Å². The number of fused-ring (bicyclic) bond motifs is 1. The van der Waals surface area contributed by atoms with Crippen molar-refractivity contribution in [2.45, 2.75) is 10.9 Å². The number of ether oxygens (including phenoxy) is 1. The Hall–Kier alpha value is -3.52. The van der Waals surface area contributed by atoms with Crippen LogP contribution in [0.1, 0.15) is 5.56 Å². The molecule has 29 heavy (non-hydrogen) atoms. The molecule has 7 nitrogen and oxygen atoms in total. The summed E-state index contributed by atoms with van der Waals surface area (Å²) in [5.74, 6) is -3.28. The van der Waals surface area contributed by atoms with Crippen molar-refractivity contribution in [2.24, 2.45) is 5.92 Å². The molecule has 146 valence electrons. The molecule has 0 saturated carbocycles. The SMILES string of the molecule is O=COC1=CC2C(C(=O)C1=O)C(c1ccccc1)=CN2S(=O)(=O)c1ccccc1. The van der Waals surface area contributed by atoms with Crippen molar-refractivity contribution < 1.29 is 27.5 Å². The van der Waals surface area contributed by atoms with Crippen LogP contribution in [0.3, 0.4) is 0 Å². The van der Waals surface area contributed by atoms with Crippen LogP contribution in [-0.4, -0.2) is 36.8 Å². The highest BCUT2D eigenvalue weighted by molar-refractivity contribution is 7.89. The second-order valence-corrected chi connectivity index (χ2v) is 8.35. The number of allylic oxidation sites excluding steroid dienone is 1. The van der Waals surface area contributed by atoms with Crippen molar-refractivity contribution in [1.29, 1.82) is 0 Å². The first-order chi connectivity index (χ1) is 13.9. The molecule has 8 heteroatoms. The zero-order valence-corrected chi connectivity index (χ0v) is 15.8. The Morgan fingerprint density at radius 1 is 0.931 bits per heavy atom. The van der Waals surface area contributed by atoms with Crippen LogP contribution >= 0.6 is 0 Å². The fourth-order valence-electron chi connectivity index (χ4n) is 3.57. The lowest BCUT2D eigenvalue weighted by molar-refractivity contribution is -0.140. The number of Topliss-reactive ketones (excluding diaryl/α,β-unsaturated/α-hetero) is 2. The zero-order valence-electron chi connectivity index (χ0n) is 15.0. The van der Waals surface area contributed by atoms with Crippen molar-refractivity contribution in [3.05, 3.63) is 84.3 Å². The first-order valence-electron chi connectivity index (χ1n) is 8.71. The molecule has 2 unspecified atom stereocenters. The molecule has 1 heterocycles. The number of nitrogens with zero attached hydrogens (tertiary/aromatic N) is 1. The third kappa shape index (κ3) is 3.07. The summed E-state index contributed by atoms with van der Waals surface area (Å²) >= 11 is 0. The van der Waals surface area contributed by atoms with Crippen LogP contribution in [0.25, 0.3) is 5.57 Å². The van der Waals surface area contributed by atoms with Crippen LogP contribution in [0.5, 0.6) is 0 Å². The molecule has 0 radical (unpaired) electrons. The van der Waals surface area contributed by atoms with Crippen LogP contribution in [0.4, 0.5) is 0 Å². The van der Waals surface area contributed by atoms with Gasteiger partial charge in [0.1, 0.15) is 0 Å². The highest BCUT2D eigenvalue weighted by Gasteiger charge is 2.50. The van der Waals surface area contributed by atoms with Gasteiger partial charge in [-0.1, -0.05) is 48.5 Å². The van der Waals surface area contributed by atoms with Crippen LogP contribution in [0.2, 0.25) is 0 Å². The first-order valence-corrected chi connectivity index (χ1v) is 10.2. The Kier molecular flexibility index (Phi) is 4.63. The fraction of sp³-hybridized carbons (Fsp3) is 0.0952. The Balaban J connectivity index is 1.90. The van der Waals surface area contributed by atoms with Crippen LogP contribution < -0.4 is 0 Å². The number of hydrogen-bond donors (Lipinski definition) is 0. The maximum absolute atomic E-state index is 13.3. The average Bonchev–Trinajstić information content (AvgIpc) is 3.13. The summed E-state index contributed by atoms with van der Waals surface area (Å²) in [4.78, 5) is 36.0. The van der Waals surface area contributed by atoms with E-state index in [-0.39, 0.29) is 11.4 Å². The molecule has 0 aromatic heterocycles. The molecule has 2 atom stereocenters. The highest BCUT2D eigenvalue weighted by atomic mass is 32.2. The summed E-state index contributed by atoms with van der Waals surface area (Å²) in [5.41, 5.74) is 1.04. The first kappa shape index (κ1) is 18.8. The summed E-state index contributed by atoms with van der Waals surface area (Å²) in [6.45, 7) is 0.0356. The van der Waals surface area contributed by atoms with E-state index in [2.05, 4.69) is 4.74 Å². The van der Waals surface area contributed by atoms with E-state index in [4.69, 9.17) is 0 Å². The lowest BCUT2D eigenvalue weighted by Gasteiger charge is -2.29. The van der Waals surface area contributed by atoms with Gasteiger partial charge in [0.25, 0.3) is 22.3 Å². The van der Waals surface area contributed by atoms with Crippen LogP contribution in [-0.2, 0) is 29.1 Å². The topological polar surface area (TPSA) is 97.8 Å². The summed E-state index contributed by atoms with van der Waals surface area (Å²) in [6.07, 6.45) is 2.59. The van der Waals surface area contributed by atoms with Crippen molar-refractivity contribution in [3.63, 3.8) is 0 Å². The maximum Gasteiger partial charge on any atom is 0.298 e. The minimum absolute atomic E-state index is 0.0356. The summed E-state index contributed by atoms with van der Waals surface area (Å²) in [6, 6.07) is 15.5. The summed E-state index contributed by atoms with van der Waals surface area (Å²) in [7, 11) is -4.02. The van der Waals surface area contributed by atoms with Gasteiger partial charge < -0.3 is 4.74 Å². The molecular formula is C21H15NO6S. The van der Waals surface area contributed by atoms with E-state index in [1.807, 2.05) is 0 Å². The Morgan fingerprint density at radius 2 is 1.55 bits per heavy atom. The van der Waals surface area contributed by atoms with Gasteiger partial charge in [-0.2, -0.15) is 0 Å². The molecule has 0 saturated heterocycles. The van der Waals surface area contributed by atoms with Gasteiger partial charge >= 0.3 is 0 Å². The zero-order chi connectivity index (χ0) is 20.6. The number of hydrogen-bond acceptors (Lipinski definition) is 6. The predicted octanol–water partition coefficient (Wildman–Crippen LogP) is 1.93. The molecule has 1 aliphatic heterocycles. The predicted molar refractivity (Wildman–Crippen MR) is 102 cm³/mol. The fourth-order valence-corrected chi connectivity index (χ4v) is 5.07. The quantitative estimate of drug-likeness (QED) is 0.553. The number of sulfonamides is 1. The maximum atomic E-state index is 13.3. The van der Waals surface area contributed by atoms with E-state index in [1.54, 1.807) is 48.5 Å². The highest BCUT2D eigenvalue weighted by Crippen LogP contribution is 2.42. The summed E-state index contributed by atoms with van der Waals surface area (Å²) < 4.78 is 32.2. The van der Waals surface area contributed by atoms with E-state index in [0.717, 1.165) is 4.31 Å². The smallest absolute Gasteiger partial charge is 0.298 e. The lowest BCUT2D eigenvalue weighted by atomic mass is 9.81. The second-order valence-electron chi connectivity index (χ2n) is 6.51. The van der Waals surface area contributed by atoms with Gasteiger partial charge in [-0.15, -0.1) is 0 Å². The number of benzene rings is 2. The molecule has 0 fully saturated rings. The van der Waals surface area contributed by atoms with E-state index >= 15 is 0 Å². The molecule has 2 aromatic carbocycles. The van der Waals surface area contributed by atoms with Gasteiger partial charge in [-0.05, 0) is 29.3 Å². The molecule has 0 spiro atoms. The molecule has 0 amide bonds. The van der Waals surface area contributed by atoms with E-state index < -0.39 is 39.3 Å². The molecule has 4 rings (SSSR count). The standard InChI is InChI=1S/C21H15NO6S/c23-13-28-18-11-17-19(21(25)20(18)24)16(14-7-3-1-4-8-14)12-22(17)29(26,27)15-9-5-2-6-10-15/h1-13,17,19H. The van der Waals surface area contributed by atoms with Gasteiger partial charge in [-0.3, -0.25) is 18.7 Å². The van der Waals surface area contributed by atoms with E-state index in [0.29, 0.717) is 11.1 Å². The molecule has 2 aliphatic rings. The Labute approximate surface area is 167 Å². The number of carbonyl (C=O) groups is 3. The Morgan fingerprint density at radius 3 is 2.17 bits per heavy atom. The Bertz CT molecular complexity index is 1150. The second kappa shape index (κ2) is 7.14. The number of ketones is 2. The van der Waals surface area contributed by atoms with E-state index in [9.17, 15) is 22.8 Å². The monoisotopic (exact) mass is 409 g/mol. The van der Waals surface area contributed by atoms with Crippen molar-refractivity contribution in [3.8, 4) is 0 Å². The number of rotatable bonds is 5. The van der Waals surface area contributed by atoms with Crippen molar-refractivity contribution in [2.75, 3.05) is 0 Å². The molecule has 0 bridgehead atoms. The third-order valence-corrected chi connectivity index (χ3v) is 6.66. The van der Waals surface area contributed by atoms with Crippen LogP contribution in [0.15, 0.2) is 83.6 Å². The van der Waals surface area contributed by atoms with Gasteiger partial charge in [-0.25, -0.2) is 8.42 Å². The molecular weight excluding hydrogens is 394 g/mol. The van der Waals surface area contributed by atoms with Gasteiger partial charge in [0.05, 0.1) is 16.9 Å². The summed E-state index contributed by atoms with van der Waals surface area (Å²) in [5, 5.41) is 0. The van der Waals surface area contributed by atoms with Gasteiger partial charge in [0, 0.05) is 6.20 Å². The lowest BCUT2D eigenvalue weighted by Crippen LogP contribution is -2.44. The minimum atomic E-state index is -4.02. The molecule has 1 aliphatic carbocycles. The van der Waals surface area contributed by atoms with E-state index in [1.165, 1.54) is 24.4 Å². The van der Waals surface area contributed by atoms with Crippen molar-refractivity contribution >= 4 is 33.6 Å². The molecule has 0 N–H and O–H groups in total. The third-order valence-electron chi connectivity index (χ3n) is 4.89. The minimum Gasteiger partial charge on any atom is -0.425 e. The average molecular weight is 409 g/mol. The van der Waals surface area contributed by atoms with Crippen molar-refractivity contribution in [1.82, 2.24) is 4.31 Å². The largest absolute Gasteiger partial charge is 0.425 e. The normalized spacial score (nSPS) is 21.3.